The third-order valence-corrected chi connectivity index (χ3v) is 4.51. The van der Waals surface area contributed by atoms with Crippen LogP contribution in [0.4, 0.5) is 0 Å². The molecule has 0 bridgehead atoms. The SMILES string of the molecule is N[C@H](C(=O)c1ccccc1C(=O)N1CCCCC1)c1ccccc1. The summed E-state index contributed by atoms with van der Waals surface area (Å²) in [5.41, 5.74) is 7.76. The smallest absolute Gasteiger partial charge is 0.254 e. The van der Waals surface area contributed by atoms with Crippen molar-refractivity contribution in [2.24, 2.45) is 5.73 Å². The van der Waals surface area contributed by atoms with Crippen molar-refractivity contribution in [3.8, 4) is 0 Å². The first-order valence-corrected chi connectivity index (χ1v) is 8.41. The molecular formula is C20H22N2O2. The number of ketones is 1. The van der Waals surface area contributed by atoms with Gasteiger partial charge in [-0.05, 0) is 30.9 Å². The first kappa shape index (κ1) is 16.4. The lowest BCUT2D eigenvalue weighted by Crippen LogP contribution is -2.36. The average Bonchev–Trinajstić information content (AvgIpc) is 2.67. The molecule has 4 nitrogen and oxygen atoms in total. The van der Waals surface area contributed by atoms with Crippen LogP contribution in [0.25, 0.3) is 0 Å². The van der Waals surface area contributed by atoms with Crippen LogP contribution in [0.3, 0.4) is 0 Å². The molecule has 0 saturated carbocycles. The topological polar surface area (TPSA) is 63.4 Å². The fourth-order valence-corrected chi connectivity index (χ4v) is 3.13. The van der Waals surface area contributed by atoms with Gasteiger partial charge in [0.05, 0.1) is 11.6 Å². The third kappa shape index (κ3) is 3.39. The van der Waals surface area contributed by atoms with Gasteiger partial charge in [0.25, 0.3) is 5.91 Å². The highest BCUT2D eigenvalue weighted by Gasteiger charge is 2.26. The number of hydrogen-bond acceptors (Lipinski definition) is 3. The van der Waals surface area contributed by atoms with Crippen molar-refractivity contribution in [2.75, 3.05) is 13.1 Å². The lowest BCUT2D eigenvalue weighted by molar-refractivity contribution is 0.0719. The maximum Gasteiger partial charge on any atom is 0.254 e. The highest BCUT2D eigenvalue weighted by atomic mass is 16.2. The first-order chi connectivity index (χ1) is 11.7. The third-order valence-electron chi connectivity index (χ3n) is 4.51. The molecule has 1 aliphatic rings. The number of rotatable bonds is 4. The predicted octanol–water partition coefficient (Wildman–Crippen LogP) is 3.20. The molecule has 2 aromatic rings. The molecule has 124 valence electrons. The number of carbonyl (C=O) groups excluding carboxylic acids is 2. The molecule has 1 aliphatic heterocycles. The van der Waals surface area contributed by atoms with Crippen molar-refractivity contribution in [1.29, 1.82) is 0 Å². The number of carbonyl (C=O) groups is 2. The van der Waals surface area contributed by atoms with Gasteiger partial charge in [0.15, 0.2) is 5.78 Å². The Balaban J connectivity index is 1.88. The zero-order chi connectivity index (χ0) is 16.9. The number of piperidine rings is 1. The van der Waals surface area contributed by atoms with E-state index in [0.717, 1.165) is 37.9 Å². The molecule has 2 N–H and O–H groups in total. The highest BCUT2D eigenvalue weighted by molar-refractivity contribution is 6.10. The number of likely N-dealkylation sites (tertiary alicyclic amines) is 1. The molecule has 1 amide bonds. The fraction of sp³-hybridized carbons (Fsp3) is 0.300. The molecule has 24 heavy (non-hydrogen) atoms. The molecule has 0 aliphatic carbocycles. The number of benzene rings is 2. The molecule has 1 saturated heterocycles. The average molecular weight is 322 g/mol. The van der Waals surface area contributed by atoms with Crippen molar-refractivity contribution < 1.29 is 9.59 Å². The Morgan fingerprint density at radius 2 is 1.42 bits per heavy atom. The summed E-state index contributed by atoms with van der Waals surface area (Å²) >= 11 is 0. The van der Waals surface area contributed by atoms with E-state index in [2.05, 4.69) is 0 Å². The van der Waals surface area contributed by atoms with Crippen LogP contribution in [-0.2, 0) is 0 Å². The van der Waals surface area contributed by atoms with Crippen LogP contribution in [0.15, 0.2) is 54.6 Å². The predicted molar refractivity (Wildman–Crippen MR) is 93.9 cm³/mol. The van der Waals surface area contributed by atoms with Crippen molar-refractivity contribution in [2.45, 2.75) is 25.3 Å². The van der Waals surface area contributed by atoms with Gasteiger partial charge in [-0.1, -0.05) is 48.5 Å². The van der Waals surface area contributed by atoms with Gasteiger partial charge in [-0.15, -0.1) is 0 Å². The second-order valence-electron chi connectivity index (χ2n) is 6.15. The summed E-state index contributed by atoms with van der Waals surface area (Å²) in [7, 11) is 0. The Labute approximate surface area is 142 Å². The zero-order valence-corrected chi connectivity index (χ0v) is 13.7. The van der Waals surface area contributed by atoms with E-state index in [-0.39, 0.29) is 11.7 Å². The molecule has 1 atom stereocenters. The van der Waals surface area contributed by atoms with Crippen molar-refractivity contribution in [3.05, 3.63) is 71.3 Å². The van der Waals surface area contributed by atoms with E-state index in [9.17, 15) is 9.59 Å². The minimum Gasteiger partial charge on any atom is -0.339 e. The Morgan fingerprint density at radius 3 is 2.08 bits per heavy atom. The molecule has 3 rings (SSSR count). The Bertz CT molecular complexity index is 721. The summed E-state index contributed by atoms with van der Waals surface area (Å²) < 4.78 is 0. The summed E-state index contributed by atoms with van der Waals surface area (Å²) in [6, 6.07) is 15.5. The molecular weight excluding hydrogens is 300 g/mol. The van der Waals surface area contributed by atoms with Crippen LogP contribution in [-0.4, -0.2) is 29.7 Å². The van der Waals surface area contributed by atoms with Gasteiger partial charge in [-0.2, -0.15) is 0 Å². The summed E-state index contributed by atoms with van der Waals surface area (Å²) in [4.78, 5) is 27.5. The van der Waals surface area contributed by atoms with Gasteiger partial charge in [-0.25, -0.2) is 0 Å². The number of Topliss-reactive ketones (excluding diaryl/α,β-unsaturated/α-hetero) is 1. The maximum atomic E-state index is 12.9. The number of amides is 1. The van der Waals surface area contributed by atoms with Gasteiger partial charge in [-0.3, -0.25) is 9.59 Å². The standard InChI is InChI=1S/C20H22N2O2/c21-18(15-9-3-1-4-10-15)19(23)16-11-5-6-12-17(16)20(24)22-13-7-2-8-14-22/h1,3-6,9-12,18H,2,7-8,13-14,21H2/t18-/m0/s1. The Kier molecular flexibility index (Phi) is 5.06. The van der Waals surface area contributed by atoms with E-state index >= 15 is 0 Å². The molecule has 1 fully saturated rings. The van der Waals surface area contributed by atoms with Crippen LogP contribution in [0.2, 0.25) is 0 Å². The minimum atomic E-state index is -0.762. The van der Waals surface area contributed by atoms with Crippen molar-refractivity contribution in [3.63, 3.8) is 0 Å². The van der Waals surface area contributed by atoms with Gasteiger partial charge in [0.2, 0.25) is 0 Å². The van der Waals surface area contributed by atoms with Crippen LogP contribution in [0.5, 0.6) is 0 Å². The van der Waals surface area contributed by atoms with Crippen LogP contribution in [0, 0.1) is 0 Å². The largest absolute Gasteiger partial charge is 0.339 e. The second-order valence-corrected chi connectivity index (χ2v) is 6.15. The quantitative estimate of drug-likeness (QED) is 0.879. The molecule has 0 spiro atoms. The van der Waals surface area contributed by atoms with Crippen molar-refractivity contribution >= 4 is 11.7 Å². The van der Waals surface area contributed by atoms with Gasteiger partial charge < -0.3 is 10.6 Å². The highest BCUT2D eigenvalue weighted by Crippen LogP contribution is 2.21. The lowest BCUT2D eigenvalue weighted by atomic mass is 9.94. The summed E-state index contributed by atoms with van der Waals surface area (Å²) in [6.07, 6.45) is 3.19. The normalized spacial score (nSPS) is 15.8. The Morgan fingerprint density at radius 1 is 0.833 bits per heavy atom. The van der Waals surface area contributed by atoms with E-state index in [4.69, 9.17) is 5.73 Å². The number of nitrogens with two attached hydrogens (primary N) is 1. The van der Waals surface area contributed by atoms with E-state index in [1.807, 2.05) is 35.2 Å². The molecule has 2 aromatic carbocycles. The monoisotopic (exact) mass is 322 g/mol. The van der Waals surface area contributed by atoms with Gasteiger partial charge >= 0.3 is 0 Å². The Hall–Kier alpha value is -2.46. The van der Waals surface area contributed by atoms with Crippen LogP contribution >= 0.6 is 0 Å². The second kappa shape index (κ2) is 7.41. The maximum absolute atomic E-state index is 12.9. The van der Waals surface area contributed by atoms with E-state index in [1.165, 1.54) is 0 Å². The molecule has 4 heteroatoms. The van der Waals surface area contributed by atoms with Crippen LogP contribution in [0.1, 0.15) is 51.6 Å². The first-order valence-electron chi connectivity index (χ1n) is 8.41. The van der Waals surface area contributed by atoms with E-state index in [0.29, 0.717) is 11.1 Å². The number of hydrogen-bond donors (Lipinski definition) is 1. The molecule has 0 unspecified atom stereocenters. The van der Waals surface area contributed by atoms with Crippen molar-refractivity contribution in [1.82, 2.24) is 4.90 Å². The lowest BCUT2D eigenvalue weighted by Gasteiger charge is -2.27. The molecule has 1 heterocycles. The van der Waals surface area contributed by atoms with Gasteiger partial charge in [0.1, 0.15) is 0 Å². The van der Waals surface area contributed by atoms with Gasteiger partial charge in [0, 0.05) is 18.7 Å². The van der Waals surface area contributed by atoms with Crippen LogP contribution < -0.4 is 5.73 Å². The summed E-state index contributed by atoms with van der Waals surface area (Å²) in [5, 5.41) is 0. The van der Waals surface area contributed by atoms with E-state index < -0.39 is 6.04 Å². The zero-order valence-electron chi connectivity index (χ0n) is 13.7. The molecule has 0 radical (unpaired) electrons. The minimum absolute atomic E-state index is 0.0705. The van der Waals surface area contributed by atoms with E-state index in [1.54, 1.807) is 24.3 Å². The fourth-order valence-electron chi connectivity index (χ4n) is 3.13. The molecule has 0 aromatic heterocycles. The number of nitrogens with zero attached hydrogens (tertiary/aromatic N) is 1. The summed E-state index contributed by atoms with van der Waals surface area (Å²) in [6.45, 7) is 1.51. The summed E-state index contributed by atoms with van der Waals surface area (Å²) in [5.74, 6) is -0.291.